The number of likely N-dealkylation sites (tertiary alicyclic amines) is 1. The fraction of sp³-hybridized carbons (Fsp3) is 0.412. The van der Waals surface area contributed by atoms with Gasteiger partial charge in [-0.3, -0.25) is 19.4 Å². The van der Waals surface area contributed by atoms with E-state index in [0.717, 1.165) is 85.6 Å². The van der Waals surface area contributed by atoms with Crippen LogP contribution in [-0.4, -0.2) is 106 Å². The molecule has 3 amide bonds. The number of hydrogen-bond acceptors (Lipinski definition) is 15. The molecule has 2 aliphatic rings. The molecule has 0 radical (unpaired) electrons. The Labute approximate surface area is 414 Å². The minimum atomic E-state index is -0.952. The van der Waals surface area contributed by atoms with E-state index >= 15 is 0 Å². The molecule has 9 rings (SSSR count). The zero-order valence-corrected chi connectivity index (χ0v) is 41.6. The molecule has 1 aliphatic heterocycles. The van der Waals surface area contributed by atoms with Gasteiger partial charge in [0.15, 0.2) is 5.01 Å². The zero-order valence-electron chi connectivity index (χ0n) is 40.0. The number of fused-ring (bicyclic) bond motifs is 1. The molecule has 4 atom stereocenters. The second-order valence-corrected chi connectivity index (χ2v) is 20.4. The maximum atomic E-state index is 14.6. The molecule has 7 heterocycles. The van der Waals surface area contributed by atoms with Crippen LogP contribution in [0.4, 0.5) is 5.69 Å². The first-order valence-electron chi connectivity index (χ1n) is 23.8. The Hall–Kier alpha value is -6.88. The van der Waals surface area contributed by atoms with Crippen molar-refractivity contribution in [3.05, 3.63) is 106 Å². The van der Waals surface area contributed by atoms with Crippen molar-refractivity contribution in [2.75, 3.05) is 25.5 Å². The van der Waals surface area contributed by atoms with Crippen LogP contribution in [-0.2, 0) is 14.4 Å². The van der Waals surface area contributed by atoms with Crippen molar-refractivity contribution < 1.29 is 24.0 Å². The van der Waals surface area contributed by atoms with Crippen molar-refractivity contribution in [1.29, 1.82) is 5.26 Å². The molecule has 1 saturated carbocycles. The highest BCUT2D eigenvalue weighted by Gasteiger charge is 2.44. The zero-order chi connectivity index (χ0) is 49.2. The number of thiazole rings is 1. The van der Waals surface area contributed by atoms with Crippen LogP contribution in [0, 0.1) is 31.1 Å². The molecule has 2 fully saturated rings. The number of aryl methyl sites for hydroxylation is 2. The molecular weight excluding hydrogens is 925 g/mol. The Morgan fingerprint density at radius 1 is 1.01 bits per heavy atom. The Bertz CT molecular complexity index is 3050. The molecule has 1 unspecified atom stereocenters. The molecule has 1 aromatic carbocycles. The van der Waals surface area contributed by atoms with Gasteiger partial charge in [0.25, 0.3) is 0 Å². The summed E-state index contributed by atoms with van der Waals surface area (Å²) in [4.78, 5) is 56.9. The summed E-state index contributed by atoms with van der Waals surface area (Å²) in [5.41, 5.74) is 9.62. The molecule has 19 heteroatoms. The third-order valence-electron chi connectivity index (χ3n) is 13.7. The SMILES string of the molecule is CCN(C(=O)C[C@H](NC(=O)[C@@H]1C[C@@H](O)CN1C(=O)C(c1cc(C)no1)C(C)C)c1ccc(-c2scnc2C)cc1)C1CCC(c2nnc(-c3cnc(-c4ccc5cc(C#N)cnn45)cc3NC)s2)CC1. The summed E-state index contributed by atoms with van der Waals surface area (Å²) in [5.74, 6) is -1.08. The van der Waals surface area contributed by atoms with Gasteiger partial charge < -0.3 is 30.1 Å². The quantitative estimate of drug-likeness (QED) is 0.0886. The highest BCUT2D eigenvalue weighted by atomic mass is 32.1. The lowest BCUT2D eigenvalue weighted by Gasteiger charge is -2.37. The first-order chi connectivity index (χ1) is 33.8. The maximum absolute atomic E-state index is 14.6. The lowest BCUT2D eigenvalue weighted by atomic mass is 9.85. The number of pyridine rings is 1. The standard InChI is InChI=1S/C51H56N12O5S2/c1-7-61(35-14-12-34(13-15-35)49-58-59-50(70-49)38-25-54-41(21-40(38)53-6)42-17-16-36-19-31(23-52)24-56-63(36)42)45(65)22-39(32-8-10-33(11-9-32)47-30(5)55-27-69-47)57-48(66)43-20-37(64)26-62(43)51(67)46(28(2)3)44-18-29(4)60-68-44/h8-11,16-19,21,24-25,27-28,34-35,37,39,43,46,64H,7,12-15,20,22,26H2,1-6H3,(H,53,54)(H,57,66)/t34?,35?,37-,39+,43+,46?/m1/s1. The lowest BCUT2D eigenvalue weighted by Crippen LogP contribution is -2.49. The summed E-state index contributed by atoms with van der Waals surface area (Å²) in [7, 11) is 1.86. The molecule has 6 aromatic heterocycles. The summed E-state index contributed by atoms with van der Waals surface area (Å²) in [5, 5.41) is 46.1. The number of carbonyl (C=O) groups is 3. The van der Waals surface area contributed by atoms with Crippen molar-refractivity contribution in [2.24, 2.45) is 5.92 Å². The molecule has 1 saturated heterocycles. The van der Waals surface area contributed by atoms with Gasteiger partial charge in [0.2, 0.25) is 17.7 Å². The first kappa shape index (κ1) is 48.2. The van der Waals surface area contributed by atoms with E-state index in [2.05, 4.69) is 42.1 Å². The molecular formula is C51H56N12O5S2. The van der Waals surface area contributed by atoms with Gasteiger partial charge in [-0.2, -0.15) is 10.4 Å². The topological polar surface area (TPSA) is 221 Å². The van der Waals surface area contributed by atoms with E-state index in [4.69, 9.17) is 9.51 Å². The van der Waals surface area contributed by atoms with Crippen molar-refractivity contribution in [1.82, 2.24) is 50.1 Å². The van der Waals surface area contributed by atoms with Crippen molar-refractivity contribution in [3.8, 4) is 38.5 Å². The highest BCUT2D eigenvalue weighted by Crippen LogP contribution is 2.41. The van der Waals surface area contributed by atoms with Gasteiger partial charge >= 0.3 is 0 Å². The predicted octanol–water partition coefficient (Wildman–Crippen LogP) is 8.08. The number of aliphatic hydroxyl groups excluding tert-OH is 1. The maximum Gasteiger partial charge on any atom is 0.243 e. The molecule has 0 bridgehead atoms. The third-order valence-corrected chi connectivity index (χ3v) is 15.7. The Morgan fingerprint density at radius 3 is 2.47 bits per heavy atom. The minimum Gasteiger partial charge on any atom is -0.391 e. The van der Waals surface area contributed by atoms with Crippen LogP contribution in [0.2, 0.25) is 0 Å². The van der Waals surface area contributed by atoms with Gasteiger partial charge in [0, 0.05) is 56.5 Å². The van der Waals surface area contributed by atoms with E-state index in [1.807, 2.05) is 87.6 Å². The van der Waals surface area contributed by atoms with E-state index in [1.165, 1.54) is 11.1 Å². The van der Waals surface area contributed by atoms with E-state index in [1.54, 1.807) is 52.4 Å². The monoisotopic (exact) mass is 980 g/mol. The molecule has 70 heavy (non-hydrogen) atoms. The Balaban J connectivity index is 0.890. The van der Waals surface area contributed by atoms with E-state index < -0.39 is 30.0 Å². The van der Waals surface area contributed by atoms with Crippen LogP contribution < -0.4 is 10.6 Å². The van der Waals surface area contributed by atoms with Crippen molar-refractivity contribution >= 4 is 51.6 Å². The minimum absolute atomic E-state index is 0.00119. The fourth-order valence-corrected chi connectivity index (χ4v) is 11.9. The number of benzene rings is 1. The van der Waals surface area contributed by atoms with Crippen molar-refractivity contribution in [3.63, 3.8) is 0 Å². The second kappa shape index (κ2) is 20.6. The molecule has 1 aliphatic carbocycles. The number of anilines is 1. The van der Waals surface area contributed by atoms with Crippen LogP contribution in [0.1, 0.15) is 110 Å². The molecule has 17 nitrogen and oxygen atoms in total. The van der Waals surface area contributed by atoms with Crippen LogP contribution in [0.5, 0.6) is 0 Å². The number of aromatic nitrogens is 7. The number of amides is 3. The lowest BCUT2D eigenvalue weighted by molar-refractivity contribution is -0.141. The average Bonchev–Trinajstić information content (AvgIpc) is 4.24. The normalized spacial score (nSPS) is 19.0. The smallest absolute Gasteiger partial charge is 0.243 e. The van der Waals surface area contributed by atoms with Crippen LogP contribution >= 0.6 is 22.7 Å². The van der Waals surface area contributed by atoms with Gasteiger partial charge in [-0.25, -0.2) is 9.50 Å². The summed E-state index contributed by atoms with van der Waals surface area (Å²) < 4.78 is 7.31. The molecule has 362 valence electrons. The number of carbonyl (C=O) groups excluding carboxylic acids is 3. The largest absolute Gasteiger partial charge is 0.391 e. The van der Waals surface area contributed by atoms with Gasteiger partial charge in [0.1, 0.15) is 28.8 Å². The van der Waals surface area contributed by atoms with Gasteiger partial charge in [-0.1, -0.05) is 54.6 Å². The molecule has 3 N–H and O–H groups in total. The number of β-amino-alcohol motifs (C(OH)–C–C–N with tert-alkyl or cyclic N) is 1. The molecule has 7 aromatic rings. The Kier molecular flexibility index (Phi) is 14.2. The van der Waals surface area contributed by atoms with Crippen molar-refractivity contribution in [2.45, 2.75) is 109 Å². The summed E-state index contributed by atoms with van der Waals surface area (Å²) >= 11 is 3.11. The number of nitrogens with zero attached hydrogens (tertiary/aromatic N) is 10. The fourth-order valence-electron chi connectivity index (χ4n) is 10.0. The number of hydrogen-bond donors (Lipinski definition) is 3. The van der Waals surface area contributed by atoms with Gasteiger partial charge in [-0.05, 0) is 87.8 Å². The number of rotatable bonds is 15. The van der Waals surface area contributed by atoms with E-state index in [-0.39, 0.29) is 49.1 Å². The second-order valence-electron chi connectivity index (χ2n) is 18.5. The van der Waals surface area contributed by atoms with Crippen LogP contribution in [0.3, 0.4) is 0 Å². The number of aliphatic hydroxyl groups is 1. The highest BCUT2D eigenvalue weighted by molar-refractivity contribution is 7.14. The van der Waals surface area contributed by atoms with Crippen LogP contribution in [0.25, 0.3) is 37.9 Å². The predicted molar refractivity (Wildman–Crippen MR) is 267 cm³/mol. The summed E-state index contributed by atoms with van der Waals surface area (Å²) in [6.45, 7) is 10.1. The average molecular weight is 981 g/mol. The van der Waals surface area contributed by atoms with E-state index in [9.17, 15) is 24.8 Å². The van der Waals surface area contributed by atoms with Gasteiger partial charge in [0.05, 0.1) is 74.6 Å². The summed E-state index contributed by atoms with van der Waals surface area (Å²) in [6, 6.07) is 17.7. The summed E-state index contributed by atoms with van der Waals surface area (Å²) in [6.07, 6.45) is 5.75. The van der Waals surface area contributed by atoms with E-state index in [0.29, 0.717) is 23.6 Å². The number of nitriles is 1. The van der Waals surface area contributed by atoms with Crippen LogP contribution in [0.15, 0.2) is 77.0 Å². The molecule has 0 spiro atoms. The van der Waals surface area contributed by atoms with Gasteiger partial charge in [-0.15, -0.1) is 21.5 Å². The number of nitrogens with one attached hydrogen (secondary N) is 2. The third kappa shape index (κ3) is 9.80. The Morgan fingerprint density at radius 2 is 1.80 bits per heavy atom. The first-order valence-corrected chi connectivity index (χ1v) is 25.4.